The minimum absolute atomic E-state index is 0.0822. The van der Waals surface area contributed by atoms with Crippen LogP contribution in [0.15, 0.2) is 48.7 Å². The fraction of sp³-hybridized carbons (Fsp3) is 0.429. The van der Waals surface area contributed by atoms with Crippen LogP contribution < -0.4 is 4.90 Å². The average molecular weight is 576 g/mol. The summed E-state index contributed by atoms with van der Waals surface area (Å²) in [6.07, 6.45) is -3.61. The number of anilines is 1. The van der Waals surface area contributed by atoms with E-state index in [1.807, 2.05) is 24.3 Å². The quantitative estimate of drug-likeness (QED) is 0.224. The van der Waals surface area contributed by atoms with E-state index in [0.717, 1.165) is 59.8 Å². The highest BCUT2D eigenvalue weighted by Crippen LogP contribution is 2.40. The molecule has 2 aromatic carbocycles. The van der Waals surface area contributed by atoms with Crippen molar-refractivity contribution < 1.29 is 26.3 Å². The first-order valence-electron chi connectivity index (χ1n) is 13.3. The van der Waals surface area contributed by atoms with Crippen molar-refractivity contribution in [2.75, 3.05) is 4.90 Å². The maximum Gasteiger partial charge on any atom is 0.416 e. The number of nitrogens with zero attached hydrogens (tertiary/aromatic N) is 7. The summed E-state index contributed by atoms with van der Waals surface area (Å²) in [5.74, 6) is 0.0822. The van der Waals surface area contributed by atoms with Crippen LogP contribution >= 0.6 is 0 Å². The zero-order valence-electron chi connectivity index (χ0n) is 22.1. The standard InChI is InChI=1S/C28H27F6N7/c1-39-37-26(36-38-39)40(14-17-10-19(27(29,30)31)12-20(11-17)28(32,33)34)15-18-13-35-25-5-3-2-4-23(25)24(18)16-41(21-6-7-21)22-8-9-22/h2-5,10-13,21-22H,6-9,14-16H2,1H3. The second kappa shape index (κ2) is 10.3. The van der Waals surface area contributed by atoms with E-state index in [1.165, 1.54) is 16.7 Å². The fourth-order valence-electron chi connectivity index (χ4n) is 5.25. The number of pyridine rings is 1. The number of aryl methyl sites for hydroxylation is 1. The van der Waals surface area contributed by atoms with Crippen molar-refractivity contribution in [1.29, 1.82) is 0 Å². The molecule has 41 heavy (non-hydrogen) atoms. The van der Waals surface area contributed by atoms with Gasteiger partial charge in [0.1, 0.15) is 0 Å². The predicted octanol–water partition coefficient (Wildman–Crippen LogP) is 6.13. The number of hydrogen-bond acceptors (Lipinski definition) is 6. The smallest absolute Gasteiger partial charge is 0.329 e. The van der Waals surface area contributed by atoms with E-state index in [2.05, 4.69) is 25.3 Å². The number of alkyl halides is 6. The molecule has 0 spiro atoms. The van der Waals surface area contributed by atoms with Gasteiger partial charge in [0.05, 0.1) is 23.7 Å². The normalized spacial score (nSPS) is 16.1. The molecule has 0 atom stereocenters. The molecule has 0 N–H and O–H groups in total. The Morgan fingerprint density at radius 2 is 1.49 bits per heavy atom. The molecule has 2 aliphatic rings. The molecule has 2 aliphatic carbocycles. The molecule has 216 valence electrons. The fourth-order valence-corrected chi connectivity index (χ4v) is 5.25. The van der Waals surface area contributed by atoms with Crippen molar-refractivity contribution in [2.24, 2.45) is 7.05 Å². The summed E-state index contributed by atoms with van der Waals surface area (Å²) in [5, 5.41) is 13.1. The lowest BCUT2D eigenvalue weighted by Crippen LogP contribution is -2.30. The Bertz CT molecular complexity index is 1510. The SMILES string of the molecule is Cn1nnc(N(Cc2cc(C(F)(F)F)cc(C(F)(F)F)c2)Cc2cnc3ccccc3c2CN(C2CC2)C2CC2)n1. The lowest BCUT2D eigenvalue weighted by Gasteiger charge is -2.27. The molecular formula is C28H27F6N7. The van der Waals surface area contributed by atoms with Gasteiger partial charge in [-0.15, -0.1) is 5.10 Å². The van der Waals surface area contributed by atoms with E-state index in [0.29, 0.717) is 18.6 Å². The molecule has 13 heteroatoms. The number of aromatic nitrogens is 5. The Hall–Kier alpha value is -3.74. The highest BCUT2D eigenvalue weighted by atomic mass is 19.4. The number of halogens is 6. The van der Waals surface area contributed by atoms with Crippen LogP contribution in [0, 0.1) is 0 Å². The molecule has 0 saturated heterocycles. The van der Waals surface area contributed by atoms with Crippen LogP contribution in [0.1, 0.15) is 53.5 Å². The summed E-state index contributed by atoms with van der Waals surface area (Å²) in [7, 11) is 1.53. The number of benzene rings is 2. The maximum absolute atomic E-state index is 13.6. The van der Waals surface area contributed by atoms with Gasteiger partial charge in [-0.3, -0.25) is 9.88 Å². The molecule has 4 aromatic rings. The monoisotopic (exact) mass is 575 g/mol. The molecule has 0 bridgehead atoms. The Kier molecular flexibility index (Phi) is 6.87. The minimum atomic E-state index is -4.95. The molecule has 2 saturated carbocycles. The van der Waals surface area contributed by atoms with Crippen molar-refractivity contribution in [2.45, 2.75) is 69.8 Å². The Labute approximate surface area is 231 Å². The van der Waals surface area contributed by atoms with E-state index >= 15 is 0 Å². The molecule has 2 fully saturated rings. The third-order valence-electron chi connectivity index (χ3n) is 7.51. The first-order chi connectivity index (χ1) is 19.5. The molecule has 0 aliphatic heterocycles. The molecule has 7 nitrogen and oxygen atoms in total. The van der Waals surface area contributed by atoms with Gasteiger partial charge < -0.3 is 4.90 Å². The van der Waals surface area contributed by atoms with Gasteiger partial charge in [-0.05, 0) is 71.9 Å². The van der Waals surface area contributed by atoms with Crippen molar-refractivity contribution >= 4 is 16.9 Å². The lowest BCUT2D eigenvalue weighted by atomic mass is 10.0. The molecule has 0 unspecified atom stereocenters. The Morgan fingerprint density at radius 3 is 2.05 bits per heavy atom. The van der Waals surface area contributed by atoms with Gasteiger partial charge in [-0.1, -0.05) is 23.3 Å². The zero-order chi connectivity index (χ0) is 28.9. The first-order valence-corrected chi connectivity index (χ1v) is 13.3. The number of fused-ring (bicyclic) bond motifs is 1. The van der Waals surface area contributed by atoms with Gasteiger partial charge in [0, 0.05) is 43.3 Å². The molecule has 0 amide bonds. The third kappa shape index (κ3) is 6.14. The molecular weight excluding hydrogens is 548 g/mol. The van der Waals surface area contributed by atoms with Crippen LogP contribution in [0.2, 0.25) is 0 Å². The summed E-state index contributed by atoms with van der Waals surface area (Å²) in [6, 6.07) is 10.4. The highest BCUT2D eigenvalue weighted by Gasteiger charge is 2.40. The van der Waals surface area contributed by atoms with E-state index in [4.69, 9.17) is 0 Å². The van der Waals surface area contributed by atoms with E-state index in [9.17, 15) is 26.3 Å². The van der Waals surface area contributed by atoms with Crippen LogP contribution in [0.4, 0.5) is 32.3 Å². The topological polar surface area (TPSA) is 63.0 Å². The van der Waals surface area contributed by atoms with Crippen LogP contribution in [-0.2, 0) is 39.0 Å². The van der Waals surface area contributed by atoms with Gasteiger partial charge in [0.15, 0.2) is 0 Å². The molecule has 0 radical (unpaired) electrons. The Morgan fingerprint density at radius 1 is 0.854 bits per heavy atom. The van der Waals surface area contributed by atoms with Gasteiger partial charge in [0.2, 0.25) is 0 Å². The summed E-state index contributed by atoms with van der Waals surface area (Å²) < 4.78 is 81.5. The largest absolute Gasteiger partial charge is 0.416 e. The van der Waals surface area contributed by atoms with Gasteiger partial charge in [-0.2, -0.15) is 31.1 Å². The van der Waals surface area contributed by atoms with Gasteiger partial charge >= 0.3 is 12.4 Å². The number of rotatable bonds is 9. The third-order valence-corrected chi connectivity index (χ3v) is 7.51. The van der Waals surface area contributed by atoms with E-state index in [-0.39, 0.29) is 30.7 Å². The maximum atomic E-state index is 13.6. The first kappa shape index (κ1) is 27.4. The number of tetrazole rings is 1. The second-order valence-electron chi connectivity index (χ2n) is 10.8. The second-order valence-corrected chi connectivity index (χ2v) is 10.8. The van der Waals surface area contributed by atoms with Crippen LogP contribution in [0.25, 0.3) is 10.9 Å². The lowest BCUT2D eigenvalue weighted by molar-refractivity contribution is -0.143. The number of para-hydroxylation sites is 1. The average Bonchev–Trinajstić information content (AvgIpc) is 3.85. The molecule has 2 aromatic heterocycles. The van der Waals surface area contributed by atoms with Crippen molar-refractivity contribution in [3.05, 3.63) is 76.5 Å². The van der Waals surface area contributed by atoms with Crippen molar-refractivity contribution in [3.8, 4) is 0 Å². The Balaban J connectivity index is 1.40. The predicted molar refractivity (Wildman–Crippen MR) is 138 cm³/mol. The zero-order valence-corrected chi connectivity index (χ0v) is 22.1. The van der Waals surface area contributed by atoms with Crippen LogP contribution in [0.3, 0.4) is 0 Å². The van der Waals surface area contributed by atoms with Gasteiger partial charge in [-0.25, -0.2) is 0 Å². The summed E-state index contributed by atoms with van der Waals surface area (Å²) in [6.45, 7) is 0.483. The number of hydrogen-bond donors (Lipinski definition) is 0. The summed E-state index contributed by atoms with van der Waals surface area (Å²) in [4.78, 5) is 9.86. The van der Waals surface area contributed by atoms with Crippen LogP contribution in [-0.4, -0.2) is 42.2 Å². The van der Waals surface area contributed by atoms with Crippen LogP contribution in [0.5, 0.6) is 0 Å². The van der Waals surface area contributed by atoms with Crippen molar-refractivity contribution in [3.63, 3.8) is 0 Å². The highest BCUT2D eigenvalue weighted by molar-refractivity contribution is 5.83. The van der Waals surface area contributed by atoms with E-state index in [1.54, 1.807) is 6.20 Å². The molecule has 6 rings (SSSR count). The minimum Gasteiger partial charge on any atom is -0.329 e. The van der Waals surface area contributed by atoms with Crippen molar-refractivity contribution in [1.82, 2.24) is 30.1 Å². The summed E-state index contributed by atoms with van der Waals surface area (Å²) >= 11 is 0. The van der Waals surface area contributed by atoms with Gasteiger partial charge in [0.25, 0.3) is 5.95 Å². The summed E-state index contributed by atoms with van der Waals surface area (Å²) in [5.41, 5.74) is -0.269. The van der Waals surface area contributed by atoms with E-state index < -0.39 is 23.5 Å². The molecule has 2 heterocycles.